The maximum atomic E-state index is 12.5. The number of phosphoric ester groups is 1. The summed E-state index contributed by atoms with van der Waals surface area (Å²) in [5.74, 6) is 0.286. The van der Waals surface area contributed by atoms with Gasteiger partial charge in [0.25, 0.3) is 5.56 Å². The number of aryl methyl sites for hydroxylation is 1. The van der Waals surface area contributed by atoms with Gasteiger partial charge >= 0.3 is 23.5 Å². The second-order valence-electron chi connectivity index (χ2n) is 7.34. The fraction of sp³-hybridized carbons (Fsp3) is 0.467. The maximum absolute atomic E-state index is 12.5. The first-order valence-corrected chi connectivity index (χ1v) is 13.8. The summed E-state index contributed by atoms with van der Waals surface area (Å²) in [6.45, 7) is 2.60. The van der Waals surface area contributed by atoms with Crippen molar-refractivity contribution in [3.05, 3.63) is 39.3 Å². The number of aromatic nitrogens is 2. The molecule has 3 rings (SSSR count). The van der Waals surface area contributed by atoms with E-state index < -0.39 is 60.1 Å². The summed E-state index contributed by atoms with van der Waals surface area (Å²) in [6, 6.07) is 1.43. The monoisotopic (exact) mass is 546 g/mol. The van der Waals surface area contributed by atoms with Crippen LogP contribution in [0.5, 0.6) is 0 Å². The molecule has 3 aliphatic rings. The van der Waals surface area contributed by atoms with Gasteiger partial charge in [0.2, 0.25) is 0 Å². The van der Waals surface area contributed by atoms with Gasteiger partial charge in [0.15, 0.2) is 0 Å². The van der Waals surface area contributed by atoms with Gasteiger partial charge in [0.05, 0.1) is 12.2 Å². The number of aliphatic hydroxyl groups is 2. The van der Waals surface area contributed by atoms with E-state index in [1.54, 1.807) is 13.1 Å². The Morgan fingerprint density at radius 2 is 1.71 bits per heavy atom. The first kappa shape index (κ1) is 27.2. The summed E-state index contributed by atoms with van der Waals surface area (Å²) < 4.78 is 50.9. The molecule has 3 unspecified atom stereocenters. The van der Waals surface area contributed by atoms with Crippen molar-refractivity contribution in [1.82, 2.24) is 9.97 Å². The van der Waals surface area contributed by atoms with Crippen molar-refractivity contribution >= 4 is 23.5 Å². The lowest BCUT2D eigenvalue weighted by Gasteiger charge is -2.19. The summed E-state index contributed by atoms with van der Waals surface area (Å²) in [5, 5.41) is 20.6. The zero-order chi connectivity index (χ0) is 25.6. The number of aromatic amines is 1. The van der Waals surface area contributed by atoms with E-state index in [4.69, 9.17) is 19.4 Å². The lowest BCUT2D eigenvalue weighted by molar-refractivity contribution is -0.0226. The minimum Gasteiger partial charge on any atom is -0.387 e. The van der Waals surface area contributed by atoms with Gasteiger partial charge in [-0.15, -0.1) is 0 Å². The lowest BCUT2D eigenvalue weighted by Crippen LogP contribution is -2.33. The zero-order valence-electron chi connectivity index (χ0n) is 17.4. The van der Waals surface area contributed by atoms with E-state index in [1.165, 1.54) is 6.07 Å². The van der Waals surface area contributed by atoms with E-state index >= 15 is 0 Å². The van der Waals surface area contributed by atoms with Gasteiger partial charge in [-0.1, -0.05) is 0 Å². The second kappa shape index (κ2) is 9.60. The van der Waals surface area contributed by atoms with Gasteiger partial charge in [-0.2, -0.15) is 13.6 Å². The van der Waals surface area contributed by atoms with Crippen LogP contribution in [-0.4, -0.2) is 64.7 Å². The molecule has 1 fully saturated rings. The Bertz CT molecular complexity index is 1240. The quantitative estimate of drug-likeness (QED) is 0.215. The fourth-order valence-electron chi connectivity index (χ4n) is 3.22. The lowest BCUT2D eigenvalue weighted by atomic mass is 9.98. The third kappa shape index (κ3) is 6.25. The molecule has 0 radical (unpaired) electrons. The molecule has 3 aliphatic heterocycles. The summed E-state index contributed by atoms with van der Waals surface area (Å²) in [4.78, 5) is 55.0. The number of nitrogens with one attached hydrogen (secondary N) is 1. The number of H-pyrrole nitrogens is 1. The molecule has 7 N–H and O–H groups in total. The SMILES string of the molecule is Cc1c[nH]c2nc(=O)c([C@@H]3O[C@H](COP(=O)(O)OP(=O)(O)OP(=O)(O)O)[C@H](O)C3O)cc-2c1C. The first-order valence-electron chi connectivity index (χ1n) is 9.29. The van der Waals surface area contributed by atoms with Crippen LogP contribution in [0.25, 0.3) is 11.4 Å². The van der Waals surface area contributed by atoms with Crippen molar-refractivity contribution in [2.45, 2.75) is 38.3 Å². The van der Waals surface area contributed by atoms with E-state index in [1.807, 2.05) is 6.92 Å². The van der Waals surface area contributed by atoms with Crippen molar-refractivity contribution < 1.29 is 61.4 Å². The van der Waals surface area contributed by atoms with Crippen molar-refractivity contribution in [2.75, 3.05) is 6.61 Å². The first-order chi connectivity index (χ1) is 15.5. The molecule has 16 nitrogen and oxygen atoms in total. The highest BCUT2D eigenvalue weighted by atomic mass is 31.3. The topological polar surface area (TPSA) is 255 Å². The van der Waals surface area contributed by atoms with Crippen LogP contribution in [0.15, 0.2) is 17.1 Å². The smallest absolute Gasteiger partial charge is 0.387 e. The number of pyridine rings is 2. The molecule has 34 heavy (non-hydrogen) atoms. The van der Waals surface area contributed by atoms with E-state index in [-0.39, 0.29) is 11.4 Å². The van der Waals surface area contributed by atoms with E-state index in [9.17, 15) is 33.6 Å². The van der Waals surface area contributed by atoms with Gasteiger partial charge in [-0.3, -0.25) is 9.32 Å². The largest absolute Gasteiger partial charge is 0.490 e. The van der Waals surface area contributed by atoms with Crippen LogP contribution in [0, 0.1) is 13.8 Å². The summed E-state index contributed by atoms with van der Waals surface area (Å²) in [5.41, 5.74) is 1.33. The molecule has 190 valence electrons. The number of nitrogens with zero attached hydrogens (tertiary/aromatic N) is 1. The highest BCUT2D eigenvalue weighted by Crippen LogP contribution is 2.66. The number of rotatable bonds is 8. The summed E-state index contributed by atoms with van der Waals surface area (Å²) in [7, 11) is -16.8. The minimum absolute atomic E-state index is 0.109. The van der Waals surface area contributed by atoms with Crippen molar-refractivity contribution in [1.29, 1.82) is 0 Å². The average molecular weight is 546 g/mol. The maximum Gasteiger partial charge on any atom is 0.490 e. The fourth-order valence-corrected chi connectivity index (χ4v) is 6.25. The summed E-state index contributed by atoms with van der Waals surface area (Å²) >= 11 is 0. The molecule has 0 aromatic rings. The number of hydrogen-bond acceptors (Lipinski definition) is 11. The predicted molar refractivity (Wildman–Crippen MR) is 110 cm³/mol. The summed E-state index contributed by atoms with van der Waals surface area (Å²) in [6.07, 6.45) is -4.69. The number of ether oxygens (including phenoxy) is 1. The van der Waals surface area contributed by atoms with Crippen molar-refractivity contribution in [3.8, 4) is 11.4 Å². The van der Waals surface area contributed by atoms with Crippen LogP contribution < -0.4 is 5.56 Å². The Hall–Kier alpha value is -1.35. The van der Waals surface area contributed by atoms with Crippen molar-refractivity contribution in [2.24, 2.45) is 0 Å². The number of aliphatic hydroxyl groups excluding tert-OH is 2. The molecule has 19 heteroatoms. The highest BCUT2D eigenvalue weighted by Gasteiger charge is 2.47. The Morgan fingerprint density at radius 1 is 1.06 bits per heavy atom. The van der Waals surface area contributed by atoms with E-state index in [0.29, 0.717) is 5.56 Å². The van der Waals surface area contributed by atoms with Crippen LogP contribution in [0.2, 0.25) is 0 Å². The average Bonchev–Trinajstić information content (AvgIpc) is 2.95. The Kier molecular flexibility index (Phi) is 7.69. The Morgan fingerprint density at radius 3 is 2.32 bits per heavy atom. The van der Waals surface area contributed by atoms with Crippen LogP contribution >= 0.6 is 23.5 Å². The van der Waals surface area contributed by atoms with E-state index in [2.05, 4.69) is 23.1 Å². The molecule has 1 saturated heterocycles. The molecule has 0 spiro atoms. The van der Waals surface area contributed by atoms with Gasteiger partial charge < -0.3 is 39.5 Å². The third-order valence-corrected chi connectivity index (χ3v) is 8.73. The standard InChI is InChI=1S/C15H21N2O14P3/c1-6-4-16-14-8(7(6)2)3-9(15(20)17-14)13-12(19)11(18)10(29-13)5-28-33(24,25)31-34(26,27)30-32(21,22)23/h3-4,10-13,18-19H,5H2,1-2H3,(H,24,25)(H,26,27)(H,16,17,20)(H2,21,22,23)/t10-,11+,12?,13+/m1/s1. The molecule has 6 atom stereocenters. The van der Waals surface area contributed by atoms with Gasteiger partial charge in [0, 0.05) is 11.8 Å². The Labute approximate surface area is 190 Å². The molecule has 0 aromatic carbocycles. The molecular formula is C15H21N2O14P3. The molecule has 3 heterocycles. The number of hydrogen-bond donors (Lipinski definition) is 7. The van der Waals surface area contributed by atoms with Crippen molar-refractivity contribution in [3.63, 3.8) is 0 Å². The van der Waals surface area contributed by atoms with Gasteiger partial charge in [0.1, 0.15) is 30.2 Å². The Balaban J connectivity index is 1.77. The van der Waals surface area contributed by atoms with Gasteiger partial charge in [-0.25, -0.2) is 13.7 Å². The second-order valence-corrected chi connectivity index (χ2v) is 11.8. The normalized spacial score (nSPS) is 26.9. The number of fused-ring (bicyclic) bond motifs is 1. The molecule has 0 amide bonds. The van der Waals surface area contributed by atoms with E-state index in [0.717, 1.165) is 11.1 Å². The van der Waals surface area contributed by atoms with Crippen LogP contribution in [-0.2, 0) is 31.6 Å². The third-order valence-electron chi connectivity index (χ3n) is 4.92. The van der Waals surface area contributed by atoms with Crippen LogP contribution in [0.4, 0.5) is 0 Å². The van der Waals surface area contributed by atoms with Gasteiger partial charge in [-0.05, 0) is 31.0 Å². The highest BCUT2D eigenvalue weighted by molar-refractivity contribution is 7.66. The number of phosphoric acid groups is 3. The predicted octanol–water partition coefficient (Wildman–Crippen LogP) is -0.00346. The molecule has 0 saturated carbocycles. The van der Waals surface area contributed by atoms with Crippen LogP contribution in [0.1, 0.15) is 22.8 Å². The molecule has 0 bridgehead atoms. The zero-order valence-corrected chi connectivity index (χ0v) is 20.1. The van der Waals surface area contributed by atoms with Crippen LogP contribution in [0.3, 0.4) is 0 Å². The molecule has 0 aliphatic carbocycles. The molecule has 0 aromatic heterocycles. The minimum atomic E-state index is -5.73. The molecular weight excluding hydrogens is 525 g/mol.